The largest absolute Gasteiger partial charge is 0.493 e. The molecule has 0 spiro atoms. The molecule has 5 nitrogen and oxygen atoms in total. The van der Waals surface area contributed by atoms with Crippen LogP contribution in [0.25, 0.3) is 6.08 Å². The number of anilines is 1. The number of carbonyl (C=O) groups excluding carboxylic acids is 1. The molecule has 0 saturated carbocycles. The molecule has 1 aromatic heterocycles. The maximum atomic E-state index is 14.2. The number of thiocarbonyl (C=S) groups is 1. The number of benzene rings is 2. The molecule has 1 aliphatic heterocycles. The number of para-hydroxylation sites is 1. The van der Waals surface area contributed by atoms with E-state index in [1.54, 1.807) is 30.5 Å². The molecule has 1 fully saturated rings. The third-order valence-corrected chi connectivity index (χ3v) is 6.42. The molecule has 0 aliphatic carbocycles. The third kappa shape index (κ3) is 4.69. The molecule has 1 amide bonds. The quantitative estimate of drug-likeness (QED) is 0.288. The van der Waals surface area contributed by atoms with Gasteiger partial charge in [0.05, 0.1) is 27.9 Å². The second-order valence-corrected chi connectivity index (χ2v) is 9.14. The standard InChI is InChI=1S/C23H16BrFN2O3S2/c1-29-19-11-14(10-16(24)21(19)30-13-15-6-4-5-9-26-15)12-20-22(28)27(23(31)32-20)18-8-3-2-7-17(18)25/h2-12H,13H2,1H3/b20-12-. The molecule has 3 aromatic rings. The number of aromatic nitrogens is 1. The van der Waals surface area contributed by atoms with Gasteiger partial charge in [-0.05, 0) is 64.0 Å². The summed E-state index contributed by atoms with van der Waals surface area (Å²) in [4.78, 5) is 18.8. The number of carbonyl (C=O) groups is 1. The number of thioether (sulfide) groups is 1. The highest BCUT2D eigenvalue weighted by Gasteiger charge is 2.34. The fourth-order valence-electron chi connectivity index (χ4n) is 3.05. The number of rotatable bonds is 6. The van der Waals surface area contributed by atoms with Crippen molar-refractivity contribution in [3.63, 3.8) is 0 Å². The zero-order valence-corrected chi connectivity index (χ0v) is 20.0. The molecular weight excluding hydrogens is 515 g/mol. The van der Waals surface area contributed by atoms with Crippen molar-refractivity contribution in [3.05, 3.63) is 87.2 Å². The number of hydrogen-bond acceptors (Lipinski definition) is 6. The minimum Gasteiger partial charge on any atom is -0.493 e. The van der Waals surface area contributed by atoms with Crippen LogP contribution in [0.2, 0.25) is 0 Å². The van der Waals surface area contributed by atoms with Gasteiger partial charge in [-0.3, -0.25) is 14.7 Å². The van der Waals surface area contributed by atoms with Crippen molar-refractivity contribution >= 4 is 61.9 Å². The second kappa shape index (κ2) is 9.81. The van der Waals surface area contributed by atoms with Crippen LogP contribution >= 0.6 is 39.9 Å². The van der Waals surface area contributed by atoms with Gasteiger partial charge >= 0.3 is 0 Å². The Bertz CT molecular complexity index is 1220. The maximum Gasteiger partial charge on any atom is 0.270 e. The van der Waals surface area contributed by atoms with Crippen LogP contribution in [-0.4, -0.2) is 22.3 Å². The van der Waals surface area contributed by atoms with Gasteiger partial charge in [-0.2, -0.15) is 0 Å². The number of hydrogen-bond donors (Lipinski definition) is 0. The average Bonchev–Trinajstić information content (AvgIpc) is 3.06. The van der Waals surface area contributed by atoms with Crippen molar-refractivity contribution in [1.82, 2.24) is 4.98 Å². The second-order valence-electron chi connectivity index (χ2n) is 6.61. The van der Waals surface area contributed by atoms with Crippen LogP contribution in [0.15, 0.2) is 70.2 Å². The molecule has 1 saturated heterocycles. The zero-order valence-electron chi connectivity index (χ0n) is 16.7. The van der Waals surface area contributed by atoms with Gasteiger partial charge in [0.2, 0.25) is 0 Å². The summed E-state index contributed by atoms with van der Waals surface area (Å²) < 4.78 is 26.5. The average molecular weight is 531 g/mol. The number of pyridine rings is 1. The van der Waals surface area contributed by atoms with Crippen molar-refractivity contribution in [3.8, 4) is 11.5 Å². The van der Waals surface area contributed by atoms with Crippen molar-refractivity contribution in [2.45, 2.75) is 6.61 Å². The van der Waals surface area contributed by atoms with Crippen LogP contribution in [0.5, 0.6) is 11.5 Å². The van der Waals surface area contributed by atoms with E-state index in [0.29, 0.717) is 26.4 Å². The summed E-state index contributed by atoms with van der Waals surface area (Å²) >= 11 is 9.96. The van der Waals surface area contributed by atoms with E-state index in [1.165, 1.54) is 24.1 Å². The summed E-state index contributed by atoms with van der Waals surface area (Å²) in [5, 5.41) is 0. The zero-order chi connectivity index (χ0) is 22.7. The number of halogens is 2. The van der Waals surface area contributed by atoms with Crippen LogP contribution in [0.4, 0.5) is 10.1 Å². The van der Waals surface area contributed by atoms with E-state index in [0.717, 1.165) is 17.5 Å². The van der Waals surface area contributed by atoms with Gasteiger partial charge in [-0.1, -0.05) is 42.2 Å². The predicted molar refractivity (Wildman–Crippen MR) is 131 cm³/mol. The van der Waals surface area contributed by atoms with Crippen LogP contribution in [-0.2, 0) is 11.4 Å². The van der Waals surface area contributed by atoms with Gasteiger partial charge in [-0.15, -0.1) is 0 Å². The Morgan fingerprint density at radius 1 is 1.22 bits per heavy atom. The topological polar surface area (TPSA) is 51.7 Å². The van der Waals surface area contributed by atoms with Crippen LogP contribution in [0.1, 0.15) is 11.3 Å². The SMILES string of the molecule is COc1cc(/C=C2\SC(=S)N(c3ccccc3F)C2=O)cc(Br)c1OCc1ccccn1. The molecule has 0 unspecified atom stereocenters. The first-order valence-electron chi connectivity index (χ1n) is 9.40. The van der Waals surface area contributed by atoms with Gasteiger partial charge < -0.3 is 9.47 Å². The third-order valence-electron chi connectivity index (χ3n) is 4.53. The molecule has 4 rings (SSSR count). The molecule has 2 aromatic carbocycles. The normalized spacial score (nSPS) is 14.8. The minimum atomic E-state index is -0.510. The Hall–Kier alpha value is -2.75. The number of nitrogens with zero attached hydrogens (tertiary/aromatic N) is 2. The summed E-state index contributed by atoms with van der Waals surface area (Å²) in [5.74, 6) is 0.125. The lowest BCUT2D eigenvalue weighted by molar-refractivity contribution is -0.113. The Balaban J connectivity index is 1.60. The van der Waals surface area contributed by atoms with Crippen LogP contribution in [0, 0.1) is 5.82 Å². The predicted octanol–water partition coefficient (Wildman–Crippen LogP) is 5.98. The van der Waals surface area contributed by atoms with E-state index in [9.17, 15) is 9.18 Å². The van der Waals surface area contributed by atoms with Gasteiger partial charge in [0.25, 0.3) is 5.91 Å². The Labute approximate surface area is 202 Å². The number of ether oxygens (including phenoxy) is 2. The van der Waals surface area contributed by atoms with Gasteiger partial charge in [0.15, 0.2) is 15.8 Å². The molecule has 1 aliphatic rings. The van der Waals surface area contributed by atoms with Crippen molar-refractivity contribution in [2.24, 2.45) is 0 Å². The minimum absolute atomic E-state index is 0.135. The summed E-state index contributed by atoms with van der Waals surface area (Å²) in [6.45, 7) is 0.274. The Kier molecular flexibility index (Phi) is 6.88. The fourth-order valence-corrected chi connectivity index (χ4v) is 4.91. The summed E-state index contributed by atoms with van der Waals surface area (Å²) in [6.07, 6.45) is 3.39. The molecule has 0 N–H and O–H groups in total. The van der Waals surface area contributed by atoms with Crippen molar-refractivity contribution < 1.29 is 18.7 Å². The first-order valence-corrected chi connectivity index (χ1v) is 11.4. The first kappa shape index (κ1) is 22.4. The van der Waals surface area contributed by atoms with E-state index in [-0.39, 0.29) is 22.5 Å². The monoisotopic (exact) mass is 530 g/mol. The lowest BCUT2D eigenvalue weighted by Gasteiger charge is -2.15. The highest BCUT2D eigenvalue weighted by Crippen LogP contribution is 2.40. The summed E-state index contributed by atoms with van der Waals surface area (Å²) in [6, 6.07) is 15.2. The van der Waals surface area contributed by atoms with Crippen LogP contribution < -0.4 is 14.4 Å². The lowest BCUT2D eigenvalue weighted by Crippen LogP contribution is -2.28. The van der Waals surface area contributed by atoms with Gasteiger partial charge in [-0.25, -0.2) is 4.39 Å². The maximum absolute atomic E-state index is 14.2. The highest BCUT2D eigenvalue weighted by molar-refractivity contribution is 9.10. The lowest BCUT2D eigenvalue weighted by atomic mass is 10.1. The Morgan fingerprint density at radius 3 is 2.72 bits per heavy atom. The van der Waals surface area contributed by atoms with Gasteiger partial charge in [0, 0.05) is 6.20 Å². The molecule has 0 atom stereocenters. The fraction of sp³-hybridized carbons (Fsp3) is 0.0870. The van der Waals surface area contributed by atoms with E-state index >= 15 is 0 Å². The smallest absolute Gasteiger partial charge is 0.270 e. The van der Waals surface area contributed by atoms with Crippen molar-refractivity contribution in [1.29, 1.82) is 0 Å². The molecule has 2 heterocycles. The van der Waals surface area contributed by atoms with E-state index in [1.807, 2.05) is 24.3 Å². The van der Waals surface area contributed by atoms with E-state index in [4.69, 9.17) is 21.7 Å². The summed E-state index contributed by atoms with van der Waals surface area (Å²) in [5.41, 5.74) is 1.62. The molecular formula is C23H16BrFN2O3S2. The van der Waals surface area contributed by atoms with Crippen LogP contribution in [0.3, 0.4) is 0 Å². The number of amides is 1. The van der Waals surface area contributed by atoms with Gasteiger partial charge in [0.1, 0.15) is 12.4 Å². The summed E-state index contributed by atoms with van der Waals surface area (Å²) in [7, 11) is 1.54. The van der Waals surface area contributed by atoms with E-state index < -0.39 is 5.82 Å². The molecule has 0 radical (unpaired) electrons. The number of methoxy groups -OCH3 is 1. The van der Waals surface area contributed by atoms with Crippen molar-refractivity contribution in [2.75, 3.05) is 12.0 Å². The van der Waals surface area contributed by atoms with E-state index in [2.05, 4.69) is 20.9 Å². The molecule has 32 heavy (non-hydrogen) atoms. The highest BCUT2D eigenvalue weighted by atomic mass is 79.9. The molecule has 162 valence electrons. The Morgan fingerprint density at radius 2 is 2.00 bits per heavy atom. The molecule has 0 bridgehead atoms. The molecule has 9 heteroatoms. The first-order chi connectivity index (χ1) is 15.5.